The fourth-order valence-corrected chi connectivity index (χ4v) is 3.05. The van der Waals surface area contributed by atoms with Crippen LogP contribution in [0.4, 0.5) is 5.69 Å². The van der Waals surface area contributed by atoms with Crippen molar-refractivity contribution in [3.8, 4) is 0 Å². The summed E-state index contributed by atoms with van der Waals surface area (Å²) in [4.78, 5) is 2.62. The summed E-state index contributed by atoms with van der Waals surface area (Å²) < 4.78 is 22.3. The third kappa shape index (κ3) is 4.19. The molecule has 1 aliphatic heterocycles. The van der Waals surface area contributed by atoms with Crippen molar-refractivity contribution in [1.29, 1.82) is 0 Å². The third-order valence-electron chi connectivity index (χ3n) is 3.93. The van der Waals surface area contributed by atoms with Crippen LogP contribution in [0.3, 0.4) is 0 Å². The van der Waals surface area contributed by atoms with Gasteiger partial charge in [-0.3, -0.25) is 0 Å². The zero-order valence-corrected chi connectivity index (χ0v) is 12.7. The largest absolute Gasteiger partial charge is 0.385 e. The molecule has 1 fully saturated rings. The molecule has 0 aliphatic carbocycles. The van der Waals surface area contributed by atoms with Gasteiger partial charge in [-0.25, -0.2) is 13.6 Å². The van der Waals surface area contributed by atoms with Crippen molar-refractivity contribution in [2.45, 2.75) is 24.7 Å². The summed E-state index contributed by atoms with van der Waals surface area (Å²) in [5.74, 6) is 0.690. The van der Waals surface area contributed by atoms with Gasteiger partial charge >= 0.3 is 0 Å². The Morgan fingerprint density at radius 2 is 1.85 bits per heavy atom. The molecule has 0 radical (unpaired) electrons. The van der Waals surface area contributed by atoms with Crippen LogP contribution in [0, 0.1) is 5.92 Å². The number of likely N-dealkylation sites (tertiary alicyclic amines) is 1. The van der Waals surface area contributed by atoms with E-state index in [4.69, 9.17) is 5.14 Å². The van der Waals surface area contributed by atoms with E-state index < -0.39 is 10.0 Å². The zero-order chi connectivity index (χ0) is 14.6. The first-order valence-corrected chi connectivity index (χ1v) is 8.62. The number of nitrogens with two attached hydrogens (primary N) is 1. The van der Waals surface area contributed by atoms with Crippen molar-refractivity contribution in [3.63, 3.8) is 0 Å². The van der Waals surface area contributed by atoms with Gasteiger partial charge in [0.1, 0.15) is 0 Å². The van der Waals surface area contributed by atoms with E-state index in [2.05, 4.69) is 17.1 Å². The summed E-state index contributed by atoms with van der Waals surface area (Å²) in [6.07, 6.45) is 2.44. The number of hydrogen-bond donors (Lipinski definition) is 2. The summed E-state index contributed by atoms with van der Waals surface area (Å²) in [5.41, 5.74) is 0.940. The minimum absolute atomic E-state index is 0.152. The second kappa shape index (κ2) is 6.56. The van der Waals surface area contributed by atoms with Gasteiger partial charge in [-0.2, -0.15) is 0 Å². The van der Waals surface area contributed by atoms with Gasteiger partial charge in [0.2, 0.25) is 10.0 Å². The molecule has 1 heterocycles. The number of hydrogen-bond acceptors (Lipinski definition) is 4. The Hall–Kier alpha value is -1.11. The first-order chi connectivity index (χ1) is 9.49. The SMILES string of the molecule is CCN1CCC(CNc2ccc(S(N)(=O)=O)cc2)CC1. The van der Waals surface area contributed by atoms with Crippen LogP contribution in [0.1, 0.15) is 19.8 Å². The lowest BCUT2D eigenvalue weighted by Crippen LogP contribution is -2.35. The smallest absolute Gasteiger partial charge is 0.238 e. The summed E-state index contributed by atoms with van der Waals surface area (Å²) in [6, 6.07) is 6.61. The number of rotatable bonds is 5. The molecule has 0 aromatic heterocycles. The predicted molar refractivity (Wildman–Crippen MR) is 81.1 cm³/mol. The summed E-state index contributed by atoms with van der Waals surface area (Å²) in [7, 11) is -3.60. The monoisotopic (exact) mass is 297 g/mol. The lowest BCUT2D eigenvalue weighted by molar-refractivity contribution is 0.198. The van der Waals surface area contributed by atoms with E-state index in [0.29, 0.717) is 5.92 Å². The molecule has 0 atom stereocenters. The van der Waals surface area contributed by atoms with E-state index >= 15 is 0 Å². The molecule has 1 aromatic rings. The molecule has 1 aliphatic rings. The maximum absolute atomic E-state index is 11.2. The molecule has 112 valence electrons. The van der Waals surface area contributed by atoms with Crippen LogP contribution in [-0.4, -0.2) is 39.5 Å². The van der Waals surface area contributed by atoms with Gasteiger partial charge < -0.3 is 10.2 Å². The van der Waals surface area contributed by atoms with Crippen molar-refractivity contribution in [3.05, 3.63) is 24.3 Å². The fourth-order valence-electron chi connectivity index (χ4n) is 2.53. The molecule has 0 unspecified atom stereocenters. The van der Waals surface area contributed by atoms with Gasteiger partial charge in [-0.15, -0.1) is 0 Å². The Bertz CT molecular complexity index is 520. The first-order valence-electron chi connectivity index (χ1n) is 7.08. The van der Waals surface area contributed by atoms with E-state index in [0.717, 1.165) is 18.8 Å². The lowest BCUT2D eigenvalue weighted by atomic mass is 9.97. The van der Waals surface area contributed by atoms with Gasteiger partial charge in [-0.1, -0.05) is 6.92 Å². The standard InChI is InChI=1S/C14H23N3O2S/c1-2-17-9-7-12(8-10-17)11-16-13-3-5-14(6-4-13)20(15,18)19/h3-6,12,16H,2,7-11H2,1H3,(H2,15,18,19). The molecule has 20 heavy (non-hydrogen) atoms. The highest BCUT2D eigenvalue weighted by atomic mass is 32.2. The Morgan fingerprint density at radius 1 is 1.25 bits per heavy atom. The molecule has 0 spiro atoms. The molecule has 0 saturated carbocycles. The summed E-state index contributed by atoms with van der Waals surface area (Å²) in [6.45, 7) is 6.62. The lowest BCUT2D eigenvalue weighted by Gasteiger charge is -2.31. The van der Waals surface area contributed by atoms with E-state index in [1.807, 2.05) is 0 Å². The zero-order valence-electron chi connectivity index (χ0n) is 11.9. The van der Waals surface area contributed by atoms with Crippen molar-refractivity contribution in [1.82, 2.24) is 4.90 Å². The van der Waals surface area contributed by atoms with Crippen LogP contribution in [0.5, 0.6) is 0 Å². The molecule has 0 amide bonds. The number of primary sulfonamides is 1. The number of sulfonamides is 1. The fraction of sp³-hybridized carbons (Fsp3) is 0.571. The first kappa shape index (κ1) is 15.3. The second-order valence-corrected chi connectivity index (χ2v) is 6.89. The quantitative estimate of drug-likeness (QED) is 0.863. The summed E-state index contributed by atoms with van der Waals surface area (Å²) >= 11 is 0. The predicted octanol–water partition coefficient (Wildman–Crippen LogP) is 1.48. The minimum atomic E-state index is -3.60. The number of anilines is 1. The molecular formula is C14H23N3O2S. The average molecular weight is 297 g/mol. The van der Waals surface area contributed by atoms with E-state index in [9.17, 15) is 8.42 Å². The van der Waals surface area contributed by atoms with E-state index in [1.54, 1.807) is 12.1 Å². The average Bonchev–Trinajstić information content (AvgIpc) is 2.45. The topological polar surface area (TPSA) is 75.4 Å². The van der Waals surface area contributed by atoms with Crippen LogP contribution in [-0.2, 0) is 10.0 Å². The second-order valence-electron chi connectivity index (χ2n) is 5.33. The molecule has 5 nitrogen and oxygen atoms in total. The number of nitrogens with zero attached hydrogens (tertiary/aromatic N) is 1. The highest BCUT2D eigenvalue weighted by Crippen LogP contribution is 2.19. The van der Waals surface area contributed by atoms with Gasteiger partial charge in [0.05, 0.1) is 4.90 Å². The number of piperidine rings is 1. The van der Waals surface area contributed by atoms with Crippen molar-refractivity contribution in [2.75, 3.05) is 31.5 Å². The van der Waals surface area contributed by atoms with Gasteiger partial charge in [0, 0.05) is 12.2 Å². The maximum Gasteiger partial charge on any atom is 0.238 e. The molecule has 1 saturated heterocycles. The van der Waals surface area contributed by atoms with Gasteiger partial charge in [0.15, 0.2) is 0 Å². The molecule has 2 rings (SSSR count). The minimum Gasteiger partial charge on any atom is -0.385 e. The molecule has 0 bridgehead atoms. The Balaban J connectivity index is 1.83. The summed E-state index contributed by atoms with van der Waals surface area (Å²) in [5, 5.41) is 8.44. The number of nitrogens with one attached hydrogen (secondary N) is 1. The van der Waals surface area contributed by atoms with Gasteiger partial charge in [0.25, 0.3) is 0 Å². The van der Waals surface area contributed by atoms with E-state index in [1.165, 1.54) is 38.1 Å². The van der Waals surface area contributed by atoms with Crippen LogP contribution in [0.15, 0.2) is 29.2 Å². The van der Waals surface area contributed by atoms with Crippen LogP contribution < -0.4 is 10.5 Å². The highest BCUT2D eigenvalue weighted by molar-refractivity contribution is 7.89. The molecule has 6 heteroatoms. The Morgan fingerprint density at radius 3 is 2.35 bits per heavy atom. The van der Waals surface area contributed by atoms with Crippen molar-refractivity contribution in [2.24, 2.45) is 11.1 Å². The molecule has 3 N–H and O–H groups in total. The van der Waals surface area contributed by atoms with Crippen LogP contribution in [0.2, 0.25) is 0 Å². The van der Waals surface area contributed by atoms with E-state index in [-0.39, 0.29) is 4.90 Å². The number of benzene rings is 1. The normalized spacial score (nSPS) is 18.1. The molecular weight excluding hydrogens is 274 g/mol. The molecule has 1 aromatic carbocycles. The van der Waals surface area contributed by atoms with Gasteiger partial charge in [-0.05, 0) is 62.7 Å². The highest BCUT2D eigenvalue weighted by Gasteiger charge is 2.17. The van der Waals surface area contributed by atoms with Crippen LogP contribution >= 0.6 is 0 Å². The maximum atomic E-state index is 11.2. The van der Waals surface area contributed by atoms with Crippen molar-refractivity contribution < 1.29 is 8.42 Å². The van der Waals surface area contributed by atoms with Crippen molar-refractivity contribution >= 4 is 15.7 Å². The Labute approximate surface area is 121 Å². The Kier molecular flexibility index (Phi) is 5.01. The third-order valence-corrected chi connectivity index (χ3v) is 4.86. The van der Waals surface area contributed by atoms with Crippen LogP contribution in [0.25, 0.3) is 0 Å².